The Morgan fingerprint density at radius 3 is 2.50 bits per heavy atom. The second-order valence-electron chi connectivity index (χ2n) is 3.77. The Balaban J connectivity index is 2.52. The van der Waals surface area contributed by atoms with E-state index in [0.717, 1.165) is 4.90 Å². The summed E-state index contributed by atoms with van der Waals surface area (Å²) in [4.78, 5) is 12.0. The number of anilines is 1. The van der Waals surface area contributed by atoms with E-state index in [4.69, 9.17) is 5.11 Å². The quantitative estimate of drug-likeness (QED) is 0.835. The van der Waals surface area contributed by atoms with Crippen molar-refractivity contribution in [2.75, 3.05) is 11.9 Å². The second kappa shape index (κ2) is 4.36. The number of phenolic OH excluding ortho intramolecular Hbond substituents is 1. The molecule has 0 spiro atoms. The van der Waals surface area contributed by atoms with Crippen LogP contribution in [-0.2, 0) is 7.05 Å². The van der Waals surface area contributed by atoms with Crippen LogP contribution in [0.1, 0.15) is 0 Å². The molecular weight excluding hydrogens is 236 g/mol. The topological polar surface area (TPSA) is 91.5 Å². The van der Waals surface area contributed by atoms with Gasteiger partial charge in [0.25, 0.3) is 0 Å². The van der Waals surface area contributed by atoms with E-state index in [0.29, 0.717) is 17.1 Å². The average Bonchev–Trinajstić information content (AvgIpc) is 2.71. The van der Waals surface area contributed by atoms with Crippen molar-refractivity contribution in [3.8, 4) is 17.0 Å². The van der Waals surface area contributed by atoms with Crippen LogP contribution in [0.15, 0.2) is 24.3 Å². The minimum Gasteiger partial charge on any atom is -0.508 e. The Bertz CT molecular complexity index is 576. The summed E-state index contributed by atoms with van der Waals surface area (Å²) in [6.07, 6.45) is -1.10. The van der Waals surface area contributed by atoms with Crippen molar-refractivity contribution in [2.45, 2.75) is 0 Å². The number of amides is 1. The number of aromatic hydroxyl groups is 1. The summed E-state index contributed by atoms with van der Waals surface area (Å²) in [5.41, 5.74) is 1.13. The monoisotopic (exact) mass is 248 g/mol. The number of carbonyl (C=O) groups is 1. The van der Waals surface area contributed by atoms with Gasteiger partial charge in [0.1, 0.15) is 11.4 Å². The largest absolute Gasteiger partial charge is 0.508 e. The van der Waals surface area contributed by atoms with Gasteiger partial charge < -0.3 is 10.2 Å². The number of carboxylic acid groups (broad SMARTS) is 1. The molecule has 1 amide bonds. The first-order chi connectivity index (χ1) is 8.50. The van der Waals surface area contributed by atoms with E-state index in [-0.39, 0.29) is 5.75 Å². The van der Waals surface area contributed by atoms with E-state index >= 15 is 0 Å². The van der Waals surface area contributed by atoms with Crippen molar-refractivity contribution in [1.29, 1.82) is 0 Å². The van der Waals surface area contributed by atoms with Crippen molar-refractivity contribution < 1.29 is 15.0 Å². The molecule has 7 heteroatoms. The molecule has 1 aromatic heterocycles. The van der Waals surface area contributed by atoms with Crippen molar-refractivity contribution in [1.82, 2.24) is 15.0 Å². The zero-order valence-corrected chi connectivity index (χ0v) is 9.90. The van der Waals surface area contributed by atoms with Gasteiger partial charge in [0, 0.05) is 19.7 Å². The van der Waals surface area contributed by atoms with E-state index in [2.05, 4.69) is 10.3 Å². The molecule has 1 aromatic carbocycles. The Hall–Kier alpha value is -2.57. The lowest BCUT2D eigenvalue weighted by Gasteiger charge is -2.13. The second-order valence-corrected chi connectivity index (χ2v) is 3.77. The van der Waals surface area contributed by atoms with Crippen LogP contribution >= 0.6 is 0 Å². The van der Waals surface area contributed by atoms with Crippen LogP contribution in [0.4, 0.5) is 10.6 Å². The number of phenols is 1. The first kappa shape index (κ1) is 11.9. The van der Waals surface area contributed by atoms with Gasteiger partial charge in [-0.2, -0.15) is 0 Å². The fraction of sp³-hybridized carbons (Fsp3) is 0.182. The molecule has 7 nitrogen and oxygen atoms in total. The first-order valence-electron chi connectivity index (χ1n) is 5.16. The summed E-state index contributed by atoms with van der Waals surface area (Å²) in [6.45, 7) is 0. The standard InChI is InChI=1S/C11H12N4O3/c1-14(11(17)18)10-9(12-13-15(10)2)7-3-5-8(16)6-4-7/h3-6,16H,1-2H3,(H,17,18). The summed E-state index contributed by atoms with van der Waals surface area (Å²) in [5, 5.41) is 26.0. The molecule has 0 saturated carbocycles. The lowest BCUT2D eigenvalue weighted by Crippen LogP contribution is -2.26. The average molecular weight is 248 g/mol. The molecule has 1 heterocycles. The van der Waals surface area contributed by atoms with Gasteiger partial charge in [-0.15, -0.1) is 5.10 Å². The third-order valence-electron chi connectivity index (χ3n) is 2.54. The van der Waals surface area contributed by atoms with Gasteiger partial charge in [-0.1, -0.05) is 5.21 Å². The fourth-order valence-corrected chi connectivity index (χ4v) is 1.62. The molecule has 0 bridgehead atoms. The van der Waals surface area contributed by atoms with Crippen LogP contribution in [0.25, 0.3) is 11.3 Å². The van der Waals surface area contributed by atoms with E-state index in [1.165, 1.54) is 23.9 Å². The van der Waals surface area contributed by atoms with Crippen LogP contribution in [0.3, 0.4) is 0 Å². The Morgan fingerprint density at radius 1 is 1.33 bits per heavy atom. The van der Waals surface area contributed by atoms with Gasteiger partial charge in [0.05, 0.1) is 0 Å². The number of hydrogen-bond donors (Lipinski definition) is 2. The third kappa shape index (κ3) is 1.97. The molecule has 0 radical (unpaired) electrons. The predicted molar refractivity (Wildman–Crippen MR) is 64.5 cm³/mol. The van der Waals surface area contributed by atoms with E-state index in [1.54, 1.807) is 19.2 Å². The molecule has 2 rings (SSSR count). The van der Waals surface area contributed by atoms with Gasteiger partial charge in [-0.05, 0) is 24.3 Å². The first-order valence-corrected chi connectivity index (χ1v) is 5.16. The molecule has 0 fully saturated rings. The highest BCUT2D eigenvalue weighted by atomic mass is 16.4. The summed E-state index contributed by atoms with van der Waals surface area (Å²) in [5.74, 6) is 0.504. The number of hydrogen-bond acceptors (Lipinski definition) is 4. The minimum atomic E-state index is -1.10. The fourth-order valence-electron chi connectivity index (χ4n) is 1.62. The molecule has 0 unspecified atom stereocenters. The zero-order chi connectivity index (χ0) is 13.3. The maximum atomic E-state index is 11.0. The number of nitrogens with zero attached hydrogens (tertiary/aromatic N) is 4. The maximum Gasteiger partial charge on any atom is 0.412 e. The SMILES string of the molecule is CN(C(=O)O)c1c(-c2ccc(O)cc2)nnn1C. The van der Waals surface area contributed by atoms with Gasteiger partial charge in [0.2, 0.25) is 0 Å². The Morgan fingerprint density at radius 2 is 1.94 bits per heavy atom. The smallest absolute Gasteiger partial charge is 0.412 e. The lowest BCUT2D eigenvalue weighted by molar-refractivity contribution is 0.203. The lowest BCUT2D eigenvalue weighted by atomic mass is 10.1. The number of aromatic nitrogens is 3. The molecule has 0 atom stereocenters. The summed E-state index contributed by atoms with van der Waals surface area (Å²) < 4.78 is 1.39. The van der Waals surface area contributed by atoms with Crippen LogP contribution in [0, 0.1) is 0 Å². The number of benzene rings is 1. The van der Waals surface area contributed by atoms with Gasteiger partial charge >= 0.3 is 6.09 Å². The molecule has 0 aliphatic carbocycles. The van der Waals surface area contributed by atoms with E-state index < -0.39 is 6.09 Å². The van der Waals surface area contributed by atoms with Crippen molar-refractivity contribution in [2.24, 2.45) is 7.05 Å². The minimum absolute atomic E-state index is 0.135. The maximum absolute atomic E-state index is 11.0. The molecule has 2 aromatic rings. The van der Waals surface area contributed by atoms with E-state index in [9.17, 15) is 9.90 Å². The predicted octanol–water partition coefficient (Wildman–Crippen LogP) is 1.30. The summed E-state index contributed by atoms with van der Waals surface area (Å²) >= 11 is 0. The van der Waals surface area contributed by atoms with Gasteiger partial charge in [-0.3, -0.25) is 4.90 Å². The highest BCUT2D eigenvalue weighted by Crippen LogP contribution is 2.28. The van der Waals surface area contributed by atoms with Crippen LogP contribution in [-0.4, -0.2) is 38.3 Å². The highest BCUT2D eigenvalue weighted by Gasteiger charge is 2.20. The Kier molecular flexibility index (Phi) is 2.88. The van der Waals surface area contributed by atoms with Crippen molar-refractivity contribution in [3.05, 3.63) is 24.3 Å². The Labute approximate surface area is 103 Å². The molecule has 0 aliphatic heterocycles. The molecule has 94 valence electrons. The van der Waals surface area contributed by atoms with E-state index in [1.807, 2.05) is 0 Å². The molecular formula is C11H12N4O3. The van der Waals surface area contributed by atoms with Crippen molar-refractivity contribution >= 4 is 11.9 Å². The normalized spacial score (nSPS) is 10.3. The number of rotatable bonds is 2. The van der Waals surface area contributed by atoms with Crippen LogP contribution in [0.2, 0.25) is 0 Å². The molecule has 2 N–H and O–H groups in total. The summed E-state index contributed by atoms with van der Waals surface area (Å²) in [6, 6.07) is 6.32. The van der Waals surface area contributed by atoms with Crippen molar-refractivity contribution in [3.63, 3.8) is 0 Å². The zero-order valence-electron chi connectivity index (χ0n) is 9.90. The van der Waals surface area contributed by atoms with Gasteiger partial charge in [-0.25, -0.2) is 9.48 Å². The van der Waals surface area contributed by atoms with Gasteiger partial charge in [0.15, 0.2) is 5.82 Å². The van der Waals surface area contributed by atoms with Crippen LogP contribution < -0.4 is 4.90 Å². The third-order valence-corrected chi connectivity index (χ3v) is 2.54. The molecule has 0 aliphatic rings. The highest BCUT2D eigenvalue weighted by molar-refractivity contribution is 5.89. The number of aryl methyl sites for hydroxylation is 1. The van der Waals surface area contributed by atoms with Crippen LogP contribution in [0.5, 0.6) is 5.75 Å². The summed E-state index contributed by atoms with van der Waals surface area (Å²) in [7, 11) is 3.04. The molecule has 18 heavy (non-hydrogen) atoms. The molecule has 0 saturated heterocycles.